The van der Waals surface area contributed by atoms with Crippen LogP contribution in [-0.4, -0.2) is 20.5 Å². The molecule has 1 atom stereocenters. The maximum absolute atomic E-state index is 12.4. The van der Waals surface area contributed by atoms with E-state index >= 15 is 0 Å². The minimum atomic E-state index is -0.187. The van der Waals surface area contributed by atoms with Gasteiger partial charge in [-0.2, -0.15) is 5.10 Å². The van der Waals surface area contributed by atoms with Gasteiger partial charge in [-0.3, -0.25) is 9.78 Å². The number of aromatic nitrogens is 3. The number of hydrogen-bond acceptors (Lipinski definition) is 4. The Bertz CT molecular complexity index is 795. The molecular weight excluding hydrogens is 266 g/mol. The van der Waals surface area contributed by atoms with E-state index in [0.717, 1.165) is 5.56 Å². The van der Waals surface area contributed by atoms with Crippen molar-refractivity contribution in [3.8, 4) is 0 Å². The van der Waals surface area contributed by atoms with Crippen molar-refractivity contribution in [2.45, 2.75) is 13.0 Å². The fraction of sp³-hybridized carbons (Fsp3) is 0.133. The highest BCUT2D eigenvalue weighted by molar-refractivity contribution is 6.00. The minimum Gasteiger partial charge on any atom is -0.399 e. The van der Waals surface area contributed by atoms with Gasteiger partial charge in [-0.1, -0.05) is 12.1 Å². The molecule has 0 radical (unpaired) electrons. The highest BCUT2D eigenvalue weighted by Gasteiger charge is 2.15. The van der Waals surface area contributed by atoms with Crippen molar-refractivity contribution in [2.24, 2.45) is 0 Å². The quantitative estimate of drug-likeness (QED) is 0.717. The second-order valence-corrected chi connectivity index (χ2v) is 4.83. The fourth-order valence-corrected chi connectivity index (χ4v) is 2.20. The Morgan fingerprint density at radius 3 is 3.05 bits per heavy atom. The highest BCUT2D eigenvalue weighted by Crippen LogP contribution is 2.17. The first-order valence-corrected chi connectivity index (χ1v) is 6.59. The zero-order chi connectivity index (χ0) is 14.8. The first kappa shape index (κ1) is 13.1. The molecule has 106 valence electrons. The molecule has 0 aliphatic heterocycles. The van der Waals surface area contributed by atoms with Crippen LogP contribution in [0.4, 0.5) is 5.69 Å². The summed E-state index contributed by atoms with van der Waals surface area (Å²) in [6, 6.07) is 7.32. The van der Waals surface area contributed by atoms with E-state index in [4.69, 9.17) is 5.73 Å². The second kappa shape index (κ2) is 5.24. The van der Waals surface area contributed by atoms with E-state index in [9.17, 15) is 4.79 Å². The van der Waals surface area contributed by atoms with E-state index in [2.05, 4.69) is 15.4 Å². The number of nitrogens with zero attached hydrogens (tertiary/aromatic N) is 3. The molecule has 1 aromatic carbocycles. The lowest BCUT2D eigenvalue weighted by Crippen LogP contribution is -2.26. The van der Waals surface area contributed by atoms with Crippen LogP contribution in [0.3, 0.4) is 0 Å². The van der Waals surface area contributed by atoms with Gasteiger partial charge in [0.2, 0.25) is 0 Å². The van der Waals surface area contributed by atoms with Gasteiger partial charge in [0, 0.05) is 18.1 Å². The zero-order valence-corrected chi connectivity index (χ0v) is 11.5. The Balaban J connectivity index is 1.83. The lowest BCUT2D eigenvalue weighted by molar-refractivity contribution is 0.0941. The van der Waals surface area contributed by atoms with Crippen LogP contribution in [0.1, 0.15) is 28.9 Å². The number of amides is 1. The van der Waals surface area contributed by atoms with Gasteiger partial charge in [0.25, 0.3) is 5.91 Å². The maximum Gasteiger partial charge on any atom is 0.255 e. The fourth-order valence-electron chi connectivity index (χ4n) is 2.20. The maximum atomic E-state index is 12.4. The molecule has 0 bridgehead atoms. The standard InChI is InChI=1S/C15H15N5O/c1-10(11-3-2-4-12(16)7-11)19-15(21)13-8-18-20-6-5-17-9-14(13)20/h2-10H,16H2,1H3,(H,19,21). The van der Waals surface area contributed by atoms with E-state index in [1.54, 1.807) is 29.3 Å². The van der Waals surface area contributed by atoms with E-state index in [-0.39, 0.29) is 11.9 Å². The summed E-state index contributed by atoms with van der Waals surface area (Å²) in [5, 5.41) is 7.07. The van der Waals surface area contributed by atoms with Crippen molar-refractivity contribution in [1.82, 2.24) is 19.9 Å². The molecule has 0 spiro atoms. The van der Waals surface area contributed by atoms with Crippen LogP contribution < -0.4 is 11.1 Å². The molecule has 6 heteroatoms. The van der Waals surface area contributed by atoms with Crippen LogP contribution in [0.2, 0.25) is 0 Å². The summed E-state index contributed by atoms with van der Waals surface area (Å²) in [7, 11) is 0. The van der Waals surface area contributed by atoms with Gasteiger partial charge in [0.1, 0.15) is 0 Å². The first-order valence-electron chi connectivity index (χ1n) is 6.59. The molecule has 3 N–H and O–H groups in total. The number of nitrogen functional groups attached to an aromatic ring is 1. The number of carbonyl (C=O) groups is 1. The lowest BCUT2D eigenvalue weighted by atomic mass is 10.1. The number of benzene rings is 1. The van der Waals surface area contributed by atoms with Gasteiger partial charge in [0.15, 0.2) is 0 Å². The third-order valence-electron chi connectivity index (χ3n) is 3.33. The molecule has 0 aliphatic carbocycles. The predicted molar refractivity (Wildman–Crippen MR) is 79.7 cm³/mol. The van der Waals surface area contributed by atoms with E-state index < -0.39 is 0 Å². The Labute approximate surface area is 121 Å². The highest BCUT2D eigenvalue weighted by atomic mass is 16.1. The second-order valence-electron chi connectivity index (χ2n) is 4.83. The number of nitrogens with one attached hydrogen (secondary N) is 1. The molecule has 0 saturated heterocycles. The Morgan fingerprint density at radius 2 is 2.24 bits per heavy atom. The van der Waals surface area contributed by atoms with Crippen molar-refractivity contribution in [3.63, 3.8) is 0 Å². The summed E-state index contributed by atoms with van der Waals surface area (Å²) >= 11 is 0. The number of hydrogen-bond donors (Lipinski definition) is 2. The molecular formula is C15H15N5O. The van der Waals surface area contributed by atoms with Gasteiger partial charge < -0.3 is 11.1 Å². The SMILES string of the molecule is CC(NC(=O)c1cnn2ccncc12)c1cccc(N)c1. The predicted octanol–water partition coefficient (Wildman–Crippen LogP) is 1.80. The third-order valence-corrected chi connectivity index (χ3v) is 3.33. The molecule has 21 heavy (non-hydrogen) atoms. The Hall–Kier alpha value is -2.89. The van der Waals surface area contributed by atoms with Crippen molar-refractivity contribution in [3.05, 3.63) is 60.2 Å². The van der Waals surface area contributed by atoms with Gasteiger partial charge >= 0.3 is 0 Å². The smallest absolute Gasteiger partial charge is 0.255 e. The molecule has 2 aromatic heterocycles. The van der Waals surface area contributed by atoms with Gasteiger partial charge in [-0.05, 0) is 24.6 Å². The summed E-state index contributed by atoms with van der Waals surface area (Å²) in [6.45, 7) is 1.91. The summed E-state index contributed by atoms with van der Waals surface area (Å²) in [5.74, 6) is -0.187. The monoisotopic (exact) mass is 281 g/mol. The van der Waals surface area contributed by atoms with Crippen LogP contribution in [-0.2, 0) is 0 Å². The zero-order valence-electron chi connectivity index (χ0n) is 11.5. The summed E-state index contributed by atoms with van der Waals surface area (Å²) in [4.78, 5) is 16.4. The number of fused-ring (bicyclic) bond motifs is 1. The van der Waals surface area contributed by atoms with Crippen molar-refractivity contribution in [2.75, 3.05) is 5.73 Å². The van der Waals surface area contributed by atoms with Crippen molar-refractivity contribution >= 4 is 17.1 Å². The Kier molecular flexibility index (Phi) is 3.27. The molecule has 1 unspecified atom stereocenters. The van der Waals surface area contributed by atoms with Gasteiger partial charge in [0.05, 0.1) is 29.5 Å². The number of anilines is 1. The summed E-state index contributed by atoms with van der Waals surface area (Å²) < 4.78 is 1.62. The summed E-state index contributed by atoms with van der Waals surface area (Å²) in [5.41, 5.74) is 8.57. The molecule has 1 amide bonds. The van der Waals surface area contributed by atoms with E-state index in [1.807, 2.05) is 31.2 Å². The van der Waals surface area contributed by atoms with E-state index in [0.29, 0.717) is 16.8 Å². The molecule has 0 aliphatic rings. The molecule has 6 nitrogen and oxygen atoms in total. The largest absolute Gasteiger partial charge is 0.399 e. The number of nitrogens with two attached hydrogens (primary N) is 1. The van der Waals surface area contributed by atoms with Crippen LogP contribution in [0.25, 0.3) is 5.52 Å². The molecule has 0 fully saturated rings. The van der Waals surface area contributed by atoms with Crippen LogP contribution in [0, 0.1) is 0 Å². The van der Waals surface area contributed by atoms with Gasteiger partial charge in [-0.25, -0.2) is 4.52 Å². The number of carbonyl (C=O) groups excluding carboxylic acids is 1. The van der Waals surface area contributed by atoms with Crippen molar-refractivity contribution < 1.29 is 4.79 Å². The van der Waals surface area contributed by atoms with Crippen LogP contribution >= 0.6 is 0 Å². The van der Waals surface area contributed by atoms with Crippen LogP contribution in [0.15, 0.2) is 49.1 Å². The van der Waals surface area contributed by atoms with E-state index in [1.165, 1.54) is 0 Å². The first-order chi connectivity index (χ1) is 10.1. The summed E-state index contributed by atoms with van der Waals surface area (Å²) in [6.07, 6.45) is 6.48. The normalized spacial score (nSPS) is 12.2. The number of rotatable bonds is 3. The topological polar surface area (TPSA) is 85.3 Å². The third kappa shape index (κ3) is 2.55. The average Bonchev–Trinajstić information content (AvgIpc) is 2.91. The van der Waals surface area contributed by atoms with Crippen LogP contribution in [0.5, 0.6) is 0 Å². The lowest BCUT2D eigenvalue weighted by Gasteiger charge is -2.14. The molecule has 2 heterocycles. The minimum absolute atomic E-state index is 0.146. The molecule has 0 saturated carbocycles. The average molecular weight is 281 g/mol. The molecule has 3 rings (SSSR count). The van der Waals surface area contributed by atoms with Crippen molar-refractivity contribution in [1.29, 1.82) is 0 Å². The van der Waals surface area contributed by atoms with Gasteiger partial charge in [-0.15, -0.1) is 0 Å². The molecule has 3 aromatic rings. The Morgan fingerprint density at radius 1 is 1.38 bits per heavy atom.